The van der Waals surface area contributed by atoms with Crippen LogP contribution in [0.5, 0.6) is 0 Å². The van der Waals surface area contributed by atoms with Gasteiger partial charge in [-0.05, 0) is 19.3 Å². The highest BCUT2D eigenvalue weighted by Crippen LogP contribution is 2.26. The highest BCUT2D eigenvalue weighted by atomic mass is 19.4. The molecule has 0 bridgehead atoms. The van der Waals surface area contributed by atoms with Crippen LogP contribution in [0.1, 0.15) is 34.1 Å². The van der Waals surface area contributed by atoms with Crippen LogP contribution in [0.2, 0.25) is 0 Å². The van der Waals surface area contributed by atoms with E-state index in [0.717, 1.165) is 0 Å². The second kappa shape index (κ2) is 4.84. The summed E-state index contributed by atoms with van der Waals surface area (Å²) < 4.78 is 37.3. The summed E-state index contributed by atoms with van der Waals surface area (Å²) in [6, 6.07) is -0.444. The summed E-state index contributed by atoms with van der Waals surface area (Å²) >= 11 is 0. The maximum absolute atomic E-state index is 12.4. The minimum atomic E-state index is -4.19. The topological polar surface area (TPSA) is 3.24 Å². The summed E-state index contributed by atoms with van der Waals surface area (Å²) in [5.41, 5.74) is 0. The van der Waals surface area contributed by atoms with E-state index >= 15 is 0 Å². The van der Waals surface area contributed by atoms with E-state index in [-0.39, 0.29) is 12.5 Å². The van der Waals surface area contributed by atoms with Gasteiger partial charge in [-0.1, -0.05) is 20.8 Å². The van der Waals surface area contributed by atoms with Crippen LogP contribution in [0, 0.1) is 5.92 Å². The fraction of sp³-hybridized carbons (Fsp3) is 1.00. The Hall–Kier alpha value is -0.250. The van der Waals surface area contributed by atoms with E-state index in [2.05, 4.69) is 0 Å². The van der Waals surface area contributed by atoms with Crippen LogP contribution in [0.15, 0.2) is 0 Å². The lowest BCUT2D eigenvalue weighted by molar-refractivity contribution is -0.260. The molecular formula is C9H18F3N. The molecule has 13 heavy (non-hydrogen) atoms. The lowest BCUT2D eigenvalue weighted by Crippen LogP contribution is -2.46. The first-order chi connectivity index (χ1) is 5.80. The Kier molecular flexibility index (Phi) is 4.75. The van der Waals surface area contributed by atoms with Crippen LogP contribution in [-0.4, -0.2) is 23.8 Å². The quantitative estimate of drug-likeness (QED) is 0.625. The zero-order valence-electron chi connectivity index (χ0n) is 8.65. The molecule has 0 aromatic carbocycles. The average Bonchev–Trinajstić information content (AvgIpc) is 1.96. The summed E-state index contributed by atoms with van der Waals surface area (Å²) in [5, 5.41) is 0. The Balaban J connectivity index is 4.41. The van der Waals surface area contributed by atoms with E-state index < -0.39 is 12.3 Å². The number of hydrogen-bond acceptors (Lipinski definition) is 1. The molecule has 0 rings (SSSR count). The largest absolute Gasteiger partial charge is 0.460 e. The van der Waals surface area contributed by atoms with Crippen molar-refractivity contribution in [2.45, 2.75) is 46.5 Å². The molecular weight excluding hydrogens is 179 g/mol. The van der Waals surface area contributed by atoms with Crippen LogP contribution in [-0.2, 0) is 0 Å². The van der Waals surface area contributed by atoms with Crippen molar-refractivity contribution in [3.63, 3.8) is 0 Å². The fourth-order valence-electron chi connectivity index (χ4n) is 1.16. The predicted octanol–water partition coefficient (Wildman–Crippen LogP) is 3.26. The van der Waals surface area contributed by atoms with Crippen LogP contribution in [0.25, 0.3) is 0 Å². The van der Waals surface area contributed by atoms with Gasteiger partial charge < -0.3 is 0 Å². The number of halogens is 3. The monoisotopic (exact) mass is 197 g/mol. The Morgan fingerprint density at radius 1 is 1.15 bits per heavy atom. The van der Waals surface area contributed by atoms with E-state index in [1.807, 2.05) is 0 Å². The molecule has 0 saturated carbocycles. The minimum absolute atomic E-state index is 0.0215. The third-order valence-corrected chi connectivity index (χ3v) is 2.25. The van der Waals surface area contributed by atoms with Gasteiger partial charge in [0.25, 0.3) is 0 Å². The third kappa shape index (κ3) is 3.98. The van der Waals surface area contributed by atoms with Crippen molar-refractivity contribution >= 4 is 0 Å². The van der Waals surface area contributed by atoms with Gasteiger partial charge in [0.1, 0.15) is 0 Å². The molecule has 0 saturated heterocycles. The lowest BCUT2D eigenvalue weighted by atomic mass is 10.1. The Bertz CT molecular complexity index is 142. The highest BCUT2D eigenvalue weighted by Gasteiger charge is 2.40. The number of alkyl halides is 3. The molecule has 0 amide bonds. The zero-order valence-corrected chi connectivity index (χ0v) is 8.65. The van der Waals surface area contributed by atoms with Crippen LogP contribution in [0.4, 0.5) is 13.2 Å². The molecule has 0 spiro atoms. The Labute approximate surface area is 77.9 Å². The molecule has 0 fully saturated rings. The molecule has 80 valence electrons. The first kappa shape index (κ1) is 12.8. The molecule has 0 heterocycles. The minimum Gasteiger partial charge on any atom is -0.211 e. The molecule has 0 aliphatic rings. The summed E-state index contributed by atoms with van der Waals surface area (Å²) in [4.78, 5) is 0.609. The number of hydrogen-bond donors (Lipinski definition) is 0. The third-order valence-electron chi connectivity index (χ3n) is 2.25. The van der Waals surface area contributed by atoms with E-state index in [1.54, 1.807) is 27.7 Å². The smallest absolute Gasteiger partial charge is 0.211 e. The SMILES string of the molecule is CCCN(C(C)C(C)C)C(F)(F)F. The Morgan fingerprint density at radius 3 is 1.85 bits per heavy atom. The molecule has 0 aromatic rings. The van der Waals surface area contributed by atoms with Gasteiger partial charge in [-0.15, -0.1) is 0 Å². The van der Waals surface area contributed by atoms with Crippen molar-refractivity contribution in [2.75, 3.05) is 6.54 Å². The van der Waals surface area contributed by atoms with E-state index in [1.165, 1.54) is 0 Å². The van der Waals surface area contributed by atoms with Gasteiger partial charge >= 0.3 is 6.30 Å². The van der Waals surface area contributed by atoms with Gasteiger partial charge in [0.15, 0.2) is 0 Å². The predicted molar refractivity (Wildman–Crippen MR) is 47.4 cm³/mol. The van der Waals surface area contributed by atoms with Crippen molar-refractivity contribution in [2.24, 2.45) is 5.92 Å². The first-order valence-corrected chi connectivity index (χ1v) is 4.64. The molecule has 0 aromatic heterocycles. The van der Waals surface area contributed by atoms with Crippen molar-refractivity contribution in [1.82, 2.24) is 4.90 Å². The molecule has 1 nitrogen and oxygen atoms in total. The molecule has 1 unspecified atom stereocenters. The fourth-order valence-corrected chi connectivity index (χ4v) is 1.16. The van der Waals surface area contributed by atoms with E-state index in [9.17, 15) is 13.2 Å². The van der Waals surface area contributed by atoms with Crippen LogP contribution in [0.3, 0.4) is 0 Å². The molecule has 0 aliphatic carbocycles. The second-order valence-corrected chi connectivity index (χ2v) is 3.65. The van der Waals surface area contributed by atoms with Crippen molar-refractivity contribution < 1.29 is 13.2 Å². The molecule has 1 atom stereocenters. The van der Waals surface area contributed by atoms with Crippen molar-refractivity contribution in [3.8, 4) is 0 Å². The van der Waals surface area contributed by atoms with Gasteiger partial charge in [0, 0.05) is 12.6 Å². The standard InChI is InChI=1S/C9H18F3N/c1-5-6-13(9(10,11)12)8(4)7(2)3/h7-8H,5-6H2,1-4H3. The molecule has 4 heteroatoms. The van der Waals surface area contributed by atoms with Gasteiger partial charge in [-0.3, -0.25) is 0 Å². The summed E-state index contributed by atoms with van der Waals surface area (Å²) in [6.07, 6.45) is -3.67. The van der Waals surface area contributed by atoms with Crippen LogP contribution < -0.4 is 0 Å². The van der Waals surface area contributed by atoms with Crippen molar-refractivity contribution in [3.05, 3.63) is 0 Å². The normalized spacial score (nSPS) is 15.5. The highest BCUT2D eigenvalue weighted by molar-refractivity contribution is 4.71. The van der Waals surface area contributed by atoms with E-state index in [4.69, 9.17) is 0 Å². The number of nitrogens with zero attached hydrogens (tertiary/aromatic N) is 1. The first-order valence-electron chi connectivity index (χ1n) is 4.64. The van der Waals surface area contributed by atoms with Crippen molar-refractivity contribution in [1.29, 1.82) is 0 Å². The van der Waals surface area contributed by atoms with Gasteiger partial charge in [0.2, 0.25) is 0 Å². The summed E-state index contributed by atoms with van der Waals surface area (Å²) in [5.74, 6) is 0.0215. The zero-order chi connectivity index (χ0) is 10.6. The molecule has 0 radical (unpaired) electrons. The lowest BCUT2D eigenvalue weighted by Gasteiger charge is -2.32. The summed E-state index contributed by atoms with van der Waals surface area (Å²) in [6.45, 7) is 7.07. The van der Waals surface area contributed by atoms with Gasteiger partial charge in [0.05, 0.1) is 0 Å². The maximum atomic E-state index is 12.4. The maximum Gasteiger partial charge on any atom is 0.460 e. The number of rotatable bonds is 4. The second-order valence-electron chi connectivity index (χ2n) is 3.65. The van der Waals surface area contributed by atoms with E-state index in [0.29, 0.717) is 11.3 Å². The van der Waals surface area contributed by atoms with Crippen LogP contribution >= 0.6 is 0 Å². The average molecular weight is 197 g/mol. The Morgan fingerprint density at radius 2 is 1.62 bits per heavy atom. The molecule has 0 aliphatic heterocycles. The van der Waals surface area contributed by atoms with Gasteiger partial charge in [-0.25, -0.2) is 4.90 Å². The summed E-state index contributed by atoms with van der Waals surface area (Å²) in [7, 11) is 0. The molecule has 0 N–H and O–H groups in total. The van der Waals surface area contributed by atoms with Gasteiger partial charge in [-0.2, -0.15) is 13.2 Å².